The zero-order valence-electron chi connectivity index (χ0n) is 12.3. The summed E-state index contributed by atoms with van der Waals surface area (Å²) in [5, 5.41) is 9.74. The number of benzene rings is 2. The fourth-order valence-corrected chi connectivity index (χ4v) is 4.59. The molecule has 0 amide bonds. The van der Waals surface area contributed by atoms with Crippen molar-refractivity contribution >= 4 is 38.5 Å². The lowest BCUT2D eigenvalue weighted by Gasteiger charge is -2.25. The van der Waals surface area contributed by atoms with Crippen LogP contribution in [0.1, 0.15) is 6.92 Å². The second-order valence-electron chi connectivity index (χ2n) is 5.11. The molecule has 23 heavy (non-hydrogen) atoms. The highest BCUT2D eigenvalue weighted by molar-refractivity contribution is 7.93. The Hall–Kier alpha value is -2.03. The van der Waals surface area contributed by atoms with E-state index in [9.17, 15) is 13.5 Å². The Kier molecular flexibility index (Phi) is 4.29. The van der Waals surface area contributed by atoms with E-state index in [2.05, 4.69) is 8.75 Å². The first-order valence-electron chi connectivity index (χ1n) is 6.97. The van der Waals surface area contributed by atoms with Gasteiger partial charge >= 0.3 is 0 Å². The van der Waals surface area contributed by atoms with E-state index in [1.807, 2.05) is 6.07 Å². The van der Waals surface area contributed by atoms with Gasteiger partial charge in [0.25, 0.3) is 10.0 Å². The molecule has 1 aromatic heterocycles. The van der Waals surface area contributed by atoms with Gasteiger partial charge in [-0.1, -0.05) is 24.3 Å². The standard InChI is InChI=1S/C15H15N3O3S2/c1-11(19)10-18(12-6-3-2-4-7-12)23(20,21)14-9-5-8-13-15(14)17-22-16-13/h2-9,11,19H,10H2,1H3. The van der Waals surface area contributed by atoms with Crippen LogP contribution in [0.4, 0.5) is 5.69 Å². The maximum atomic E-state index is 13.1. The second kappa shape index (κ2) is 6.23. The van der Waals surface area contributed by atoms with Crippen molar-refractivity contribution in [1.29, 1.82) is 0 Å². The molecule has 8 heteroatoms. The number of sulfonamides is 1. The minimum absolute atomic E-state index is 0.0414. The van der Waals surface area contributed by atoms with E-state index < -0.39 is 16.1 Å². The van der Waals surface area contributed by atoms with Crippen LogP contribution in [0, 0.1) is 0 Å². The summed E-state index contributed by atoms with van der Waals surface area (Å²) in [6.07, 6.45) is -0.808. The number of anilines is 1. The molecule has 0 spiro atoms. The van der Waals surface area contributed by atoms with Crippen LogP contribution < -0.4 is 4.31 Å². The van der Waals surface area contributed by atoms with Crippen molar-refractivity contribution in [2.75, 3.05) is 10.8 Å². The maximum Gasteiger partial charge on any atom is 0.266 e. The number of aliphatic hydroxyl groups is 1. The summed E-state index contributed by atoms with van der Waals surface area (Å²) in [6.45, 7) is 1.51. The molecule has 0 aliphatic heterocycles. The minimum Gasteiger partial charge on any atom is -0.392 e. The van der Waals surface area contributed by atoms with Crippen molar-refractivity contribution in [3.63, 3.8) is 0 Å². The third-order valence-electron chi connectivity index (χ3n) is 3.29. The monoisotopic (exact) mass is 349 g/mol. The third kappa shape index (κ3) is 3.05. The molecule has 3 rings (SSSR count). The van der Waals surface area contributed by atoms with Crippen molar-refractivity contribution in [3.05, 3.63) is 48.5 Å². The number of para-hydroxylation sites is 1. The van der Waals surface area contributed by atoms with Crippen LogP contribution in [0.25, 0.3) is 11.0 Å². The molecule has 0 aliphatic carbocycles. The summed E-state index contributed by atoms with van der Waals surface area (Å²) in [5.41, 5.74) is 1.39. The molecular weight excluding hydrogens is 334 g/mol. The van der Waals surface area contributed by atoms with Crippen molar-refractivity contribution in [3.8, 4) is 0 Å². The third-order valence-corrected chi connectivity index (χ3v) is 5.66. The van der Waals surface area contributed by atoms with Gasteiger partial charge in [0.15, 0.2) is 0 Å². The normalized spacial score (nSPS) is 13.1. The van der Waals surface area contributed by atoms with E-state index in [1.165, 1.54) is 10.4 Å². The summed E-state index contributed by atoms with van der Waals surface area (Å²) >= 11 is 0.972. The quantitative estimate of drug-likeness (QED) is 0.764. The van der Waals surface area contributed by atoms with Gasteiger partial charge in [0.2, 0.25) is 0 Å². The highest BCUT2D eigenvalue weighted by atomic mass is 32.2. The lowest BCUT2D eigenvalue weighted by atomic mass is 10.3. The summed E-state index contributed by atoms with van der Waals surface area (Å²) < 4.78 is 35.7. The number of hydrogen-bond donors (Lipinski definition) is 1. The Morgan fingerprint density at radius 3 is 2.57 bits per heavy atom. The molecule has 1 heterocycles. The lowest BCUT2D eigenvalue weighted by Crippen LogP contribution is -2.36. The summed E-state index contributed by atoms with van der Waals surface area (Å²) in [6, 6.07) is 13.6. The van der Waals surface area contributed by atoms with Crippen molar-refractivity contribution < 1.29 is 13.5 Å². The van der Waals surface area contributed by atoms with Crippen LogP contribution in [-0.4, -0.2) is 34.9 Å². The first-order valence-corrected chi connectivity index (χ1v) is 9.14. The van der Waals surface area contributed by atoms with Gasteiger partial charge in [-0.2, -0.15) is 8.75 Å². The molecule has 120 valence electrons. The summed E-state index contributed by atoms with van der Waals surface area (Å²) in [5.74, 6) is 0. The molecule has 0 radical (unpaired) electrons. The molecule has 0 fully saturated rings. The van der Waals surface area contributed by atoms with Gasteiger partial charge in [-0.15, -0.1) is 0 Å². The van der Waals surface area contributed by atoms with E-state index in [0.717, 1.165) is 11.7 Å². The molecular formula is C15H15N3O3S2. The van der Waals surface area contributed by atoms with Crippen LogP contribution in [0.15, 0.2) is 53.4 Å². The topological polar surface area (TPSA) is 83.4 Å². The first-order chi connectivity index (χ1) is 11.0. The maximum absolute atomic E-state index is 13.1. The molecule has 1 N–H and O–H groups in total. The number of aromatic nitrogens is 2. The predicted molar refractivity (Wildman–Crippen MR) is 90.1 cm³/mol. The van der Waals surface area contributed by atoms with Crippen LogP contribution in [0.2, 0.25) is 0 Å². The molecule has 1 atom stereocenters. The van der Waals surface area contributed by atoms with Gasteiger partial charge < -0.3 is 5.11 Å². The molecule has 0 saturated carbocycles. The van der Waals surface area contributed by atoms with Crippen LogP contribution in [-0.2, 0) is 10.0 Å². The average Bonchev–Trinajstić information content (AvgIpc) is 3.01. The van der Waals surface area contributed by atoms with Gasteiger partial charge in [0.05, 0.1) is 30.1 Å². The largest absolute Gasteiger partial charge is 0.392 e. The Morgan fingerprint density at radius 1 is 1.13 bits per heavy atom. The van der Waals surface area contributed by atoms with Crippen molar-refractivity contribution in [1.82, 2.24) is 8.75 Å². The average molecular weight is 349 g/mol. The highest BCUT2D eigenvalue weighted by Crippen LogP contribution is 2.28. The molecule has 0 saturated heterocycles. The fraction of sp³-hybridized carbons (Fsp3) is 0.200. The van der Waals surface area contributed by atoms with Crippen molar-refractivity contribution in [2.45, 2.75) is 17.9 Å². The number of aliphatic hydroxyl groups excluding tert-OH is 1. The molecule has 6 nitrogen and oxygen atoms in total. The lowest BCUT2D eigenvalue weighted by molar-refractivity contribution is 0.204. The number of fused-ring (bicyclic) bond motifs is 1. The summed E-state index contributed by atoms with van der Waals surface area (Å²) in [4.78, 5) is 0.0910. The molecule has 2 aromatic carbocycles. The Morgan fingerprint density at radius 2 is 1.87 bits per heavy atom. The fourth-order valence-electron chi connectivity index (χ4n) is 2.28. The van der Waals surface area contributed by atoms with E-state index in [0.29, 0.717) is 16.7 Å². The number of rotatable bonds is 5. The summed E-state index contributed by atoms with van der Waals surface area (Å²) in [7, 11) is -3.87. The van der Waals surface area contributed by atoms with Gasteiger partial charge in [-0.3, -0.25) is 4.31 Å². The Bertz CT molecular complexity index is 908. The molecule has 1 unspecified atom stereocenters. The van der Waals surface area contributed by atoms with E-state index >= 15 is 0 Å². The zero-order chi connectivity index (χ0) is 16.4. The van der Waals surface area contributed by atoms with Crippen LogP contribution >= 0.6 is 11.7 Å². The van der Waals surface area contributed by atoms with E-state index in [-0.39, 0.29) is 11.4 Å². The van der Waals surface area contributed by atoms with Gasteiger partial charge in [-0.05, 0) is 31.2 Å². The zero-order valence-corrected chi connectivity index (χ0v) is 14.0. The Balaban J connectivity index is 2.16. The highest BCUT2D eigenvalue weighted by Gasteiger charge is 2.28. The van der Waals surface area contributed by atoms with Crippen molar-refractivity contribution in [2.24, 2.45) is 0 Å². The predicted octanol–water partition coefficient (Wildman–Crippen LogP) is 2.27. The van der Waals surface area contributed by atoms with Crippen LogP contribution in [0.3, 0.4) is 0 Å². The van der Waals surface area contributed by atoms with E-state index in [4.69, 9.17) is 0 Å². The molecule has 0 aliphatic rings. The van der Waals surface area contributed by atoms with Crippen LogP contribution in [0.5, 0.6) is 0 Å². The smallest absolute Gasteiger partial charge is 0.266 e. The SMILES string of the molecule is CC(O)CN(c1ccccc1)S(=O)(=O)c1cccc2nsnc12. The minimum atomic E-state index is -3.87. The number of hydrogen-bond acceptors (Lipinski definition) is 6. The Labute approximate surface area is 138 Å². The molecule has 0 bridgehead atoms. The van der Waals surface area contributed by atoms with Gasteiger partial charge in [-0.25, -0.2) is 8.42 Å². The number of nitrogens with zero attached hydrogens (tertiary/aromatic N) is 3. The van der Waals surface area contributed by atoms with Gasteiger partial charge in [0, 0.05) is 0 Å². The van der Waals surface area contributed by atoms with Gasteiger partial charge in [0.1, 0.15) is 15.9 Å². The first kappa shape index (κ1) is 15.9. The van der Waals surface area contributed by atoms with E-state index in [1.54, 1.807) is 43.3 Å². The molecule has 3 aromatic rings. The second-order valence-corrected chi connectivity index (χ2v) is 7.47.